The molecular weight excluding hydrogens is 378 g/mol. The Hall–Kier alpha value is -3.55. The van der Waals surface area contributed by atoms with E-state index in [2.05, 4.69) is 4.98 Å². The fourth-order valence-electron chi connectivity index (χ4n) is 2.60. The summed E-state index contributed by atoms with van der Waals surface area (Å²) < 4.78 is 10.2. The summed E-state index contributed by atoms with van der Waals surface area (Å²) in [5, 5.41) is 9.96. The molecule has 2 rings (SSSR count). The summed E-state index contributed by atoms with van der Waals surface area (Å²) in [6.07, 6.45) is 2.16. The van der Waals surface area contributed by atoms with Crippen molar-refractivity contribution >= 4 is 23.5 Å². The summed E-state index contributed by atoms with van der Waals surface area (Å²) in [7, 11) is 1.42. The second kappa shape index (κ2) is 9.09. The zero-order valence-electron chi connectivity index (χ0n) is 16.2. The molecule has 0 fully saturated rings. The highest BCUT2D eigenvalue weighted by Gasteiger charge is 2.61. The monoisotopic (exact) mass is 399 g/mol. The zero-order chi connectivity index (χ0) is 21.6. The Kier molecular flexibility index (Phi) is 6.82. The molecule has 0 aliphatic carbocycles. The Morgan fingerprint density at radius 3 is 2.17 bits per heavy atom. The van der Waals surface area contributed by atoms with Crippen LogP contribution in [-0.4, -0.2) is 46.8 Å². The number of nitrogens with zero attached hydrogens (tertiary/aromatic N) is 1. The van der Waals surface area contributed by atoms with Crippen LogP contribution in [0.1, 0.15) is 41.0 Å². The second-order valence-electron chi connectivity index (χ2n) is 6.31. The van der Waals surface area contributed by atoms with E-state index < -0.39 is 35.0 Å². The molecule has 1 aromatic heterocycles. The predicted octanol–water partition coefficient (Wildman–Crippen LogP) is 2.57. The average Bonchev–Trinajstić information content (AvgIpc) is 2.74. The van der Waals surface area contributed by atoms with Crippen LogP contribution in [0.4, 0.5) is 0 Å². The summed E-state index contributed by atoms with van der Waals surface area (Å²) in [6, 6.07) is 8.10. The topological polar surface area (TPSA) is 120 Å². The molecule has 0 amide bonds. The summed E-state index contributed by atoms with van der Waals surface area (Å²) in [5.41, 5.74) is -3.44. The molecule has 0 spiro atoms. The van der Waals surface area contributed by atoms with Crippen molar-refractivity contribution in [2.75, 3.05) is 7.11 Å². The van der Waals surface area contributed by atoms with E-state index in [1.54, 1.807) is 6.92 Å². The fourth-order valence-corrected chi connectivity index (χ4v) is 2.60. The first-order valence-corrected chi connectivity index (χ1v) is 8.87. The van der Waals surface area contributed by atoms with E-state index in [0.717, 1.165) is 6.20 Å². The number of carboxylic acids is 1. The maximum absolute atomic E-state index is 13.3. The standard InChI is InChI=1S/C21H21NO7/c1-4-13(2)29-20(27)21(19(25)26,18(24)15-6-5-11-22-12-15)17(23)14-7-9-16(28-3)10-8-14/h5-13H,4H2,1-3H3,(H,25,26). The number of ether oxygens (including phenoxy) is 2. The first-order chi connectivity index (χ1) is 13.8. The normalized spacial score (nSPS) is 13.6. The zero-order valence-corrected chi connectivity index (χ0v) is 16.2. The third kappa shape index (κ3) is 4.16. The molecule has 1 heterocycles. The number of ketones is 2. The Bertz CT molecular complexity index is 908. The van der Waals surface area contributed by atoms with Gasteiger partial charge in [-0.05, 0) is 49.7 Å². The first-order valence-electron chi connectivity index (χ1n) is 8.87. The molecule has 2 atom stereocenters. The lowest BCUT2D eigenvalue weighted by Crippen LogP contribution is -2.54. The number of Topliss-reactive ketones (excluding diaryl/α,β-unsaturated/α-hetero) is 2. The van der Waals surface area contributed by atoms with Gasteiger partial charge in [0.2, 0.25) is 5.78 Å². The fraction of sp³-hybridized carbons (Fsp3) is 0.286. The van der Waals surface area contributed by atoms with Crippen molar-refractivity contribution in [1.29, 1.82) is 0 Å². The number of benzene rings is 1. The minimum Gasteiger partial charge on any atom is -0.497 e. The average molecular weight is 399 g/mol. The van der Waals surface area contributed by atoms with Gasteiger partial charge in [0.25, 0.3) is 5.41 Å². The lowest BCUT2D eigenvalue weighted by Gasteiger charge is -2.26. The van der Waals surface area contributed by atoms with E-state index in [4.69, 9.17) is 9.47 Å². The van der Waals surface area contributed by atoms with Crippen molar-refractivity contribution in [2.24, 2.45) is 5.41 Å². The lowest BCUT2D eigenvalue weighted by atomic mass is 9.74. The number of hydrogen-bond acceptors (Lipinski definition) is 7. The molecule has 0 saturated carbocycles. The molecule has 2 aromatic rings. The van der Waals surface area contributed by atoms with Crippen molar-refractivity contribution in [3.8, 4) is 5.75 Å². The molecule has 0 bridgehead atoms. The Morgan fingerprint density at radius 2 is 1.69 bits per heavy atom. The number of aromatic nitrogens is 1. The number of rotatable bonds is 9. The van der Waals surface area contributed by atoms with Gasteiger partial charge in [-0.1, -0.05) is 6.92 Å². The molecule has 0 radical (unpaired) electrons. The highest BCUT2D eigenvalue weighted by molar-refractivity contribution is 6.41. The maximum Gasteiger partial charge on any atom is 0.340 e. The van der Waals surface area contributed by atoms with Crippen LogP contribution in [0.2, 0.25) is 0 Å². The van der Waals surface area contributed by atoms with E-state index >= 15 is 0 Å². The molecule has 0 aliphatic heterocycles. The number of carbonyl (C=O) groups is 4. The quantitative estimate of drug-likeness (QED) is 0.388. The van der Waals surface area contributed by atoms with Crippen LogP contribution in [0.3, 0.4) is 0 Å². The van der Waals surface area contributed by atoms with Crippen LogP contribution in [0.25, 0.3) is 0 Å². The van der Waals surface area contributed by atoms with Gasteiger partial charge in [0.1, 0.15) is 5.75 Å². The van der Waals surface area contributed by atoms with Gasteiger partial charge in [-0.3, -0.25) is 14.6 Å². The van der Waals surface area contributed by atoms with Gasteiger partial charge in [-0.25, -0.2) is 9.59 Å². The number of aliphatic carboxylic acids is 1. The molecule has 1 N–H and O–H groups in total. The van der Waals surface area contributed by atoms with Crippen molar-refractivity contribution < 1.29 is 33.8 Å². The van der Waals surface area contributed by atoms with Crippen LogP contribution in [0.5, 0.6) is 5.75 Å². The summed E-state index contributed by atoms with van der Waals surface area (Å²) in [4.78, 5) is 55.5. The van der Waals surface area contributed by atoms with Gasteiger partial charge < -0.3 is 14.6 Å². The largest absolute Gasteiger partial charge is 0.497 e. The van der Waals surface area contributed by atoms with Crippen LogP contribution in [0, 0.1) is 5.41 Å². The van der Waals surface area contributed by atoms with Gasteiger partial charge in [0.15, 0.2) is 5.78 Å². The predicted molar refractivity (Wildman–Crippen MR) is 102 cm³/mol. The van der Waals surface area contributed by atoms with E-state index in [1.807, 2.05) is 0 Å². The van der Waals surface area contributed by atoms with Crippen LogP contribution < -0.4 is 4.74 Å². The summed E-state index contributed by atoms with van der Waals surface area (Å²) in [6.45, 7) is 3.26. The molecule has 8 nitrogen and oxygen atoms in total. The van der Waals surface area contributed by atoms with Gasteiger partial charge >= 0.3 is 11.9 Å². The van der Waals surface area contributed by atoms with Gasteiger partial charge in [-0.15, -0.1) is 0 Å². The summed E-state index contributed by atoms with van der Waals surface area (Å²) >= 11 is 0. The number of hydrogen-bond donors (Lipinski definition) is 1. The smallest absolute Gasteiger partial charge is 0.340 e. The third-order valence-electron chi connectivity index (χ3n) is 4.47. The van der Waals surface area contributed by atoms with E-state index in [9.17, 15) is 24.3 Å². The van der Waals surface area contributed by atoms with Crippen molar-refractivity contribution in [1.82, 2.24) is 4.98 Å². The van der Waals surface area contributed by atoms with E-state index in [-0.39, 0.29) is 11.1 Å². The minimum absolute atomic E-state index is 0.147. The molecular formula is C21H21NO7. The number of pyridine rings is 1. The molecule has 8 heteroatoms. The van der Waals surface area contributed by atoms with Gasteiger partial charge in [0.05, 0.1) is 13.2 Å². The van der Waals surface area contributed by atoms with Crippen molar-refractivity contribution in [3.05, 3.63) is 59.9 Å². The first kappa shape index (κ1) is 21.7. The van der Waals surface area contributed by atoms with Crippen LogP contribution in [-0.2, 0) is 14.3 Å². The molecule has 29 heavy (non-hydrogen) atoms. The van der Waals surface area contributed by atoms with E-state index in [0.29, 0.717) is 12.2 Å². The SMILES string of the molecule is CCC(C)OC(=O)C(C(=O)O)(C(=O)c1ccc(OC)cc1)C(=O)c1cccnc1. The number of carboxylic acid groups (broad SMARTS) is 1. The van der Waals surface area contributed by atoms with Crippen molar-refractivity contribution in [2.45, 2.75) is 26.4 Å². The Morgan fingerprint density at radius 1 is 1.07 bits per heavy atom. The van der Waals surface area contributed by atoms with Gasteiger partial charge in [0, 0.05) is 23.5 Å². The second-order valence-corrected chi connectivity index (χ2v) is 6.31. The Balaban J connectivity index is 2.66. The lowest BCUT2D eigenvalue weighted by molar-refractivity contribution is -0.164. The molecule has 0 saturated heterocycles. The Labute approximate surface area is 167 Å². The molecule has 1 aromatic carbocycles. The number of carbonyl (C=O) groups excluding carboxylic acids is 3. The van der Waals surface area contributed by atoms with Crippen LogP contribution >= 0.6 is 0 Å². The summed E-state index contributed by atoms with van der Waals surface area (Å²) in [5.74, 6) is -5.35. The van der Waals surface area contributed by atoms with Crippen LogP contribution in [0.15, 0.2) is 48.8 Å². The highest BCUT2D eigenvalue weighted by Crippen LogP contribution is 2.32. The third-order valence-corrected chi connectivity index (χ3v) is 4.47. The maximum atomic E-state index is 13.3. The molecule has 152 valence electrons. The number of esters is 1. The number of methoxy groups -OCH3 is 1. The molecule has 2 unspecified atom stereocenters. The minimum atomic E-state index is -3.10. The van der Waals surface area contributed by atoms with Gasteiger partial charge in [-0.2, -0.15) is 0 Å². The van der Waals surface area contributed by atoms with E-state index in [1.165, 1.54) is 56.6 Å². The molecule has 0 aliphatic rings. The highest BCUT2D eigenvalue weighted by atomic mass is 16.5. The van der Waals surface area contributed by atoms with Crippen molar-refractivity contribution in [3.63, 3.8) is 0 Å².